The highest BCUT2D eigenvalue weighted by molar-refractivity contribution is 7.26. The third-order valence-corrected chi connectivity index (χ3v) is 10.1. The van der Waals surface area contributed by atoms with E-state index in [1.807, 2.05) is 52.0 Å². The number of hydrogen-bond acceptors (Lipinski definition) is 8. The van der Waals surface area contributed by atoms with Crippen LogP contribution in [0.2, 0.25) is 0 Å². The molecule has 0 saturated carbocycles. The van der Waals surface area contributed by atoms with E-state index in [1.165, 1.54) is 4.90 Å². The highest BCUT2D eigenvalue weighted by Crippen LogP contribution is 2.43. The topological polar surface area (TPSA) is 89.3 Å². The van der Waals surface area contributed by atoms with Crippen LogP contribution < -0.4 is 10.3 Å². The van der Waals surface area contributed by atoms with E-state index in [1.54, 1.807) is 24.5 Å². The third kappa shape index (κ3) is 6.64. The van der Waals surface area contributed by atoms with E-state index in [2.05, 4.69) is 42.2 Å². The van der Waals surface area contributed by atoms with Gasteiger partial charge in [0.25, 0.3) is 0 Å². The molecule has 0 aliphatic carbocycles. The first-order chi connectivity index (χ1) is 22.4. The van der Waals surface area contributed by atoms with Crippen molar-refractivity contribution in [2.75, 3.05) is 38.3 Å². The number of carbonyl (C=O) groups is 2. The SMILES string of the molecule is CCC(C(=O)CC(C)c1ccc2sc3c(-c4cccc5c(=O)cc(N6CCOCC6)oc45)cccc3c2c1)N(C)C(=O)OC(C)(C)C. The normalized spacial score (nSPS) is 15.2. The zero-order valence-corrected chi connectivity index (χ0v) is 28.7. The van der Waals surface area contributed by atoms with Gasteiger partial charge in [-0.3, -0.25) is 9.59 Å². The molecular weight excluding hydrogens is 612 g/mol. The molecule has 47 heavy (non-hydrogen) atoms. The number of amides is 1. The summed E-state index contributed by atoms with van der Waals surface area (Å²) < 4.78 is 19.7. The van der Waals surface area contributed by atoms with Crippen molar-refractivity contribution in [3.05, 3.63) is 76.5 Å². The summed E-state index contributed by atoms with van der Waals surface area (Å²) in [6, 6.07) is 19.5. The van der Waals surface area contributed by atoms with Crippen LogP contribution in [0.15, 0.2) is 69.9 Å². The van der Waals surface area contributed by atoms with Crippen LogP contribution in [-0.2, 0) is 14.3 Å². The molecule has 8 nitrogen and oxygen atoms in total. The Labute approximate surface area is 278 Å². The minimum Gasteiger partial charge on any atom is -0.444 e. The minimum atomic E-state index is -0.633. The van der Waals surface area contributed by atoms with Crippen molar-refractivity contribution in [3.63, 3.8) is 0 Å². The Morgan fingerprint density at radius 3 is 2.38 bits per heavy atom. The summed E-state index contributed by atoms with van der Waals surface area (Å²) in [5.74, 6) is 0.537. The fourth-order valence-corrected chi connectivity index (χ4v) is 7.60. The van der Waals surface area contributed by atoms with Gasteiger partial charge in [0.1, 0.15) is 11.2 Å². The number of para-hydroxylation sites is 1. The molecule has 0 N–H and O–H groups in total. The number of nitrogens with zero attached hydrogens (tertiary/aromatic N) is 2. The molecule has 3 heterocycles. The molecule has 0 radical (unpaired) electrons. The Morgan fingerprint density at radius 2 is 1.68 bits per heavy atom. The van der Waals surface area contributed by atoms with Crippen LogP contribution in [0.4, 0.5) is 10.7 Å². The number of rotatable bonds is 8. The van der Waals surface area contributed by atoms with E-state index >= 15 is 0 Å². The van der Waals surface area contributed by atoms with Gasteiger partial charge in [0.15, 0.2) is 17.1 Å². The lowest BCUT2D eigenvalue weighted by Crippen LogP contribution is -2.44. The van der Waals surface area contributed by atoms with Gasteiger partial charge in [0.2, 0.25) is 0 Å². The Hall–Kier alpha value is -4.21. The molecule has 0 spiro atoms. The minimum absolute atomic E-state index is 0.0137. The summed E-state index contributed by atoms with van der Waals surface area (Å²) in [6.45, 7) is 12.0. The average Bonchev–Trinajstić information content (AvgIpc) is 3.42. The van der Waals surface area contributed by atoms with Crippen molar-refractivity contribution in [2.24, 2.45) is 0 Å². The fourth-order valence-electron chi connectivity index (χ4n) is 6.39. The molecule has 2 aromatic heterocycles. The predicted octanol–water partition coefficient (Wildman–Crippen LogP) is 8.37. The van der Waals surface area contributed by atoms with Gasteiger partial charge in [-0.05, 0) is 56.9 Å². The quantitative estimate of drug-likeness (QED) is 0.166. The van der Waals surface area contributed by atoms with Gasteiger partial charge >= 0.3 is 6.09 Å². The first kappa shape index (κ1) is 32.7. The standard InChI is InChI=1S/C38H42N2O6S/c1-7-30(39(6)37(43)46-38(3,4)5)32(42)20-23(2)24-14-15-33-29(21-24)27-12-9-11-26(36(27)47-33)25-10-8-13-28-31(41)22-34(45-35(25)28)40-16-18-44-19-17-40/h8-15,21-23,30H,7,16-20H2,1-6H3. The predicted molar refractivity (Wildman–Crippen MR) is 190 cm³/mol. The van der Waals surface area contributed by atoms with Crippen LogP contribution in [0.1, 0.15) is 58.9 Å². The summed E-state index contributed by atoms with van der Waals surface area (Å²) in [6.07, 6.45) is 0.334. The maximum Gasteiger partial charge on any atom is 0.410 e. The maximum atomic E-state index is 13.5. The van der Waals surface area contributed by atoms with E-state index < -0.39 is 17.7 Å². The highest BCUT2D eigenvalue weighted by Gasteiger charge is 2.30. The molecule has 1 saturated heterocycles. The molecule has 1 aliphatic heterocycles. The first-order valence-electron chi connectivity index (χ1n) is 16.3. The zero-order valence-electron chi connectivity index (χ0n) is 27.9. The largest absolute Gasteiger partial charge is 0.444 e. The second-order valence-electron chi connectivity index (χ2n) is 13.4. The van der Waals surface area contributed by atoms with Gasteiger partial charge in [0.05, 0.1) is 24.6 Å². The number of anilines is 1. The lowest BCUT2D eigenvalue weighted by molar-refractivity contribution is -0.124. The third-order valence-electron chi connectivity index (χ3n) is 8.86. The molecule has 6 rings (SSSR count). The summed E-state index contributed by atoms with van der Waals surface area (Å²) in [7, 11) is 1.64. The molecule has 3 aromatic carbocycles. The zero-order chi connectivity index (χ0) is 33.5. The van der Waals surface area contributed by atoms with Crippen molar-refractivity contribution in [1.29, 1.82) is 0 Å². The van der Waals surface area contributed by atoms with Crippen molar-refractivity contribution in [1.82, 2.24) is 4.90 Å². The average molecular weight is 655 g/mol. The van der Waals surface area contributed by atoms with E-state index in [0.29, 0.717) is 56.0 Å². The van der Waals surface area contributed by atoms with Gasteiger partial charge in [-0.1, -0.05) is 50.2 Å². The van der Waals surface area contributed by atoms with Gasteiger partial charge in [-0.15, -0.1) is 11.3 Å². The molecule has 9 heteroatoms. The van der Waals surface area contributed by atoms with Crippen molar-refractivity contribution >= 4 is 60.2 Å². The molecule has 5 aromatic rings. The van der Waals surface area contributed by atoms with Crippen LogP contribution in [-0.4, -0.2) is 61.8 Å². The Kier molecular flexibility index (Phi) is 9.14. The summed E-state index contributed by atoms with van der Waals surface area (Å²) in [5.41, 5.74) is 2.85. The van der Waals surface area contributed by atoms with Gasteiger partial charge in [0, 0.05) is 63.9 Å². The van der Waals surface area contributed by atoms with E-state index in [4.69, 9.17) is 13.9 Å². The highest BCUT2D eigenvalue weighted by atomic mass is 32.1. The van der Waals surface area contributed by atoms with Crippen molar-refractivity contribution in [2.45, 2.75) is 65.0 Å². The van der Waals surface area contributed by atoms with Crippen LogP contribution in [0.25, 0.3) is 42.3 Å². The molecule has 1 amide bonds. The van der Waals surface area contributed by atoms with E-state index in [9.17, 15) is 14.4 Å². The number of hydrogen-bond donors (Lipinski definition) is 0. The van der Waals surface area contributed by atoms with Crippen molar-refractivity contribution in [3.8, 4) is 11.1 Å². The van der Waals surface area contributed by atoms with Crippen LogP contribution in [0, 0.1) is 0 Å². The number of ether oxygens (including phenoxy) is 2. The summed E-state index contributed by atoms with van der Waals surface area (Å²) in [5, 5.41) is 2.79. The number of fused-ring (bicyclic) bond motifs is 4. The number of ketones is 1. The van der Waals surface area contributed by atoms with Gasteiger partial charge < -0.3 is 23.7 Å². The Morgan fingerprint density at radius 1 is 0.979 bits per heavy atom. The van der Waals surface area contributed by atoms with Crippen molar-refractivity contribution < 1.29 is 23.5 Å². The van der Waals surface area contributed by atoms with Crippen LogP contribution >= 0.6 is 11.3 Å². The maximum absolute atomic E-state index is 13.5. The summed E-state index contributed by atoms with van der Waals surface area (Å²) in [4.78, 5) is 42.9. The smallest absolute Gasteiger partial charge is 0.410 e. The lowest BCUT2D eigenvalue weighted by Gasteiger charge is -2.30. The number of Topliss-reactive ketones (excluding diaryl/α,β-unsaturated/α-hetero) is 1. The van der Waals surface area contributed by atoms with E-state index in [-0.39, 0.29) is 17.1 Å². The molecule has 0 bridgehead atoms. The van der Waals surface area contributed by atoms with Crippen LogP contribution in [0.5, 0.6) is 0 Å². The van der Waals surface area contributed by atoms with Crippen LogP contribution in [0.3, 0.4) is 0 Å². The molecule has 2 unspecified atom stereocenters. The number of carbonyl (C=O) groups excluding carboxylic acids is 2. The molecule has 1 fully saturated rings. The second-order valence-corrected chi connectivity index (χ2v) is 14.4. The number of thiophene rings is 1. The number of likely N-dealkylation sites (N-methyl/N-ethyl adjacent to an activating group) is 1. The van der Waals surface area contributed by atoms with E-state index in [0.717, 1.165) is 36.9 Å². The molecular formula is C38H42N2O6S. The number of benzene rings is 3. The molecule has 1 aliphatic rings. The molecule has 2 atom stereocenters. The second kappa shape index (κ2) is 13.1. The summed E-state index contributed by atoms with van der Waals surface area (Å²) >= 11 is 1.71. The van der Waals surface area contributed by atoms with Gasteiger partial charge in [-0.2, -0.15) is 0 Å². The lowest BCUT2D eigenvalue weighted by atomic mass is 9.91. The first-order valence-corrected chi connectivity index (χ1v) is 17.1. The fraction of sp³-hybridized carbons (Fsp3) is 0.395. The van der Waals surface area contributed by atoms with Gasteiger partial charge in [-0.25, -0.2) is 4.79 Å². The monoisotopic (exact) mass is 654 g/mol. The molecule has 246 valence electrons. The Bertz CT molecular complexity index is 2020. The Balaban J connectivity index is 1.33. The number of morpholine rings is 1.